The minimum Gasteiger partial charge on any atom is -0.466 e. The van der Waals surface area contributed by atoms with Gasteiger partial charge in [0.2, 0.25) is 0 Å². The highest BCUT2D eigenvalue weighted by Gasteiger charge is 2.23. The van der Waals surface area contributed by atoms with Gasteiger partial charge in [0.15, 0.2) is 0 Å². The van der Waals surface area contributed by atoms with Crippen LogP contribution in [0, 0.1) is 11.7 Å². The molecule has 0 aromatic heterocycles. The minimum absolute atomic E-state index is 0.219. The first-order valence-corrected chi connectivity index (χ1v) is 9.86. The molecule has 28 heavy (non-hydrogen) atoms. The third-order valence-corrected chi connectivity index (χ3v) is 4.66. The lowest BCUT2D eigenvalue weighted by Gasteiger charge is -2.19. The number of halogens is 2. The summed E-state index contributed by atoms with van der Waals surface area (Å²) in [6.07, 6.45) is 1.07. The van der Waals surface area contributed by atoms with Crippen molar-refractivity contribution in [2.24, 2.45) is 11.7 Å². The quantitative estimate of drug-likeness (QED) is 0.583. The molecule has 0 aliphatic carbocycles. The SMILES string of the molecule is CCOC[C@H](C[C@H](N)Cc1ccc(-c2cc(Cl)ccc2F)cc1)C(=O)OCC. The van der Waals surface area contributed by atoms with E-state index in [-0.39, 0.29) is 23.7 Å². The average Bonchev–Trinajstić information content (AvgIpc) is 2.68. The molecule has 0 aliphatic heterocycles. The van der Waals surface area contributed by atoms with Crippen LogP contribution in [-0.4, -0.2) is 31.8 Å². The standard InChI is InChI=1S/C22H27ClFNO3/c1-3-27-14-17(22(26)28-4-2)12-19(25)11-15-5-7-16(8-6-15)20-13-18(23)9-10-21(20)24/h5-10,13,17,19H,3-4,11-12,14,25H2,1-2H3/t17-,19+/m0/s1. The van der Waals surface area contributed by atoms with E-state index in [4.69, 9.17) is 26.8 Å². The molecule has 2 aromatic carbocycles. The van der Waals surface area contributed by atoms with E-state index in [0.717, 1.165) is 11.1 Å². The summed E-state index contributed by atoms with van der Waals surface area (Å²) in [7, 11) is 0. The van der Waals surface area contributed by atoms with Crippen LogP contribution >= 0.6 is 11.6 Å². The molecule has 0 aliphatic rings. The Labute approximate surface area is 170 Å². The van der Waals surface area contributed by atoms with Crippen molar-refractivity contribution in [3.8, 4) is 11.1 Å². The third kappa shape index (κ3) is 6.59. The van der Waals surface area contributed by atoms with Crippen LogP contribution in [0.5, 0.6) is 0 Å². The number of hydrogen-bond acceptors (Lipinski definition) is 4. The molecular weight excluding hydrogens is 381 g/mol. The molecule has 4 nitrogen and oxygen atoms in total. The van der Waals surface area contributed by atoms with Crippen LogP contribution in [0.15, 0.2) is 42.5 Å². The largest absolute Gasteiger partial charge is 0.466 e. The van der Waals surface area contributed by atoms with Gasteiger partial charge >= 0.3 is 5.97 Å². The first kappa shape index (κ1) is 22.3. The van der Waals surface area contributed by atoms with Crippen LogP contribution in [-0.2, 0) is 20.7 Å². The van der Waals surface area contributed by atoms with Gasteiger partial charge in [0.1, 0.15) is 5.82 Å². The molecule has 0 fully saturated rings. The summed E-state index contributed by atoms with van der Waals surface area (Å²) in [5, 5.41) is 0.488. The molecule has 2 atom stereocenters. The van der Waals surface area contributed by atoms with Crippen molar-refractivity contribution in [1.29, 1.82) is 0 Å². The molecular formula is C22H27ClFNO3. The van der Waals surface area contributed by atoms with Gasteiger partial charge in [-0.2, -0.15) is 0 Å². The third-order valence-electron chi connectivity index (χ3n) is 4.42. The molecule has 2 aromatic rings. The zero-order valence-electron chi connectivity index (χ0n) is 16.3. The van der Waals surface area contributed by atoms with Gasteiger partial charge in [-0.15, -0.1) is 0 Å². The summed E-state index contributed by atoms with van der Waals surface area (Å²) in [6, 6.07) is 11.8. The second-order valence-electron chi connectivity index (χ2n) is 6.63. The highest BCUT2D eigenvalue weighted by Crippen LogP contribution is 2.26. The Kier molecular flexibility index (Phi) is 8.90. The minimum atomic E-state index is -0.380. The van der Waals surface area contributed by atoms with E-state index in [1.165, 1.54) is 12.1 Å². The summed E-state index contributed by atoms with van der Waals surface area (Å²) in [4.78, 5) is 12.1. The van der Waals surface area contributed by atoms with E-state index in [9.17, 15) is 9.18 Å². The van der Waals surface area contributed by atoms with Crippen molar-refractivity contribution in [2.45, 2.75) is 32.7 Å². The topological polar surface area (TPSA) is 61.5 Å². The average molecular weight is 408 g/mol. The lowest BCUT2D eigenvalue weighted by Crippen LogP contribution is -2.32. The molecule has 0 spiro atoms. The molecule has 0 saturated heterocycles. The number of rotatable bonds is 10. The van der Waals surface area contributed by atoms with E-state index < -0.39 is 0 Å². The van der Waals surface area contributed by atoms with Crippen LogP contribution in [0.2, 0.25) is 5.02 Å². The molecule has 0 saturated carbocycles. The van der Waals surface area contributed by atoms with E-state index >= 15 is 0 Å². The molecule has 0 heterocycles. The Bertz CT molecular complexity index is 767. The van der Waals surface area contributed by atoms with Gasteiger partial charge < -0.3 is 15.2 Å². The van der Waals surface area contributed by atoms with Crippen molar-refractivity contribution in [3.05, 3.63) is 58.9 Å². The molecule has 0 bridgehead atoms. The maximum Gasteiger partial charge on any atom is 0.311 e. The van der Waals surface area contributed by atoms with Crippen molar-refractivity contribution in [2.75, 3.05) is 19.8 Å². The van der Waals surface area contributed by atoms with Gasteiger partial charge in [-0.1, -0.05) is 35.9 Å². The summed E-state index contributed by atoms with van der Waals surface area (Å²) < 4.78 is 24.5. The maximum atomic E-state index is 14.0. The first-order valence-electron chi connectivity index (χ1n) is 9.48. The van der Waals surface area contributed by atoms with E-state index in [1.54, 1.807) is 13.0 Å². The lowest BCUT2D eigenvalue weighted by molar-refractivity contribution is -0.150. The lowest BCUT2D eigenvalue weighted by atomic mass is 9.95. The number of nitrogens with two attached hydrogens (primary N) is 1. The summed E-state index contributed by atoms with van der Waals surface area (Å²) in [5.74, 6) is -0.977. The van der Waals surface area contributed by atoms with Crippen LogP contribution < -0.4 is 5.73 Å². The van der Waals surface area contributed by atoms with Crippen LogP contribution in [0.4, 0.5) is 4.39 Å². The van der Waals surface area contributed by atoms with Crippen molar-refractivity contribution in [3.63, 3.8) is 0 Å². The fourth-order valence-corrected chi connectivity index (χ4v) is 3.22. The Balaban J connectivity index is 2.01. The highest BCUT2D eigenvalue weighted by molar-refractivity contribution is 6.30. The first-order chi connectivity index (χ1) is 13.4. The Morgan fingerprint density at radius 3 is 2.50 bits per heavy atom. The van der Waals surface area contributed by atoms with Crippen molar-refractivity contribution >= 4 is 17.6 Å². The van der Waals surface area contributed by atoms with E-state index in [0.29, 0.717) is 43.2 Å². The fourth-order valence-electron chi connectivity index (χ4n) is 3.04. The van der Waals surface area contributed by atoms with Gasteiger partial charge in [-0.25, -0.2) is 4.39 Å². The van der Waals surface area contributed by atoms with Gasteiger partial charge in [0, 0.05) is 23.2 Å². The molecule has 6 heteroatoms. The van der Waals surface area contributed by atoms with E-state index in [2.05, 4.69) is 0 Å². The summed E-state index contributed by atoms with van der Waals surface area (Å²) in [5.41, 5.74) is 8.49. The maximum absolute atomic E-state index is 14.0. The molecule has 2 rings (SSSR count). The molecule has 0 radical (unpaired) electrons. The van der Waals surface area contributed by atoms with Gasteiger partial charge in [0.05, 0.1) is 19.1 Å². The zero-order chi connectivity index (χ0) is 20.5. The molecule has 2 N–H and O–H groups in total. The van der Waals surface area contributed by atoms with Gasteiger partial charge in [-0.3, -0.25) is 4.79 Å². The molecule has 0 unspecified atom stereocenters. The molecule has 0 amide bonds. The second-order valence-corrected chi connectivity index (χ2v) is 7.07. The van der Waals surface area contributed by atoms with Crippen molar-refractivity contribution < 1.29 is 18.7 Å². The van der Waals surface area contributed by atoms with Crippen molar-refractivity contribution in [1.82, 2.24) is 0 Å². The number of carbonyl (C=O) groups is 1. The number of benzene rings is 2. The van der Waals surface area contributed by atoms with Crippen LogP contribution in [0.1, 0.15) is 25.8 Å². The molecule has 152 valence electrons. The number of esters is 1. The van der Waals surface area contributed by atoms with Crippen LogP contribution in [0.3, 0.4) is 0 Å². The number of carbonyl (C=O) groups excluding carboxylic acids is 1. The Morgan fingerprint density at radius 2 is 1.86 bits per heavy atom. The van der Waals surface area contributed by atoms with Gasteiger partial charge in [0.25, 0.3) is 0 Å². The normalized spacial score (nSPS) is 13.2. The monoisotopic (exact) mass is 407 g/mol. The number of ether oxygens (including phenoxy) is 2. The second kappa shape index (κ2) is 11.1. The zero-order valence-corrected chi connectivity index (χ0v) is 17.0. The highest BCUT2D eigenvalue weighted by atomic mass is 35.5. The Hall–Kier alpha value is -1.95. The predicted octanol–water partition coefficient (Wildman–Crippen LogP) is 4.62. The Morgan fingerprint density at radius 1 is 1.14 bits per heavy atom. The smallest absolute Gasteiger partial charge is 0.311 e. The predicted molar refractivity (Wildman–Crippen MR) is 110 cm³/mol. The van der Waals surface area contributed by atoms with E-state index in [1.807, 2.05) is 31.2 Å². The summed E-state index contributed by atoms with van der Waals surface area (Å²) in [6.45, 7) is 4.83. The van der Waals surface area contributed by atoms with Crippen LogP contribution in [0.25, 0.3) is 11.1 Å². The fraction of sp³-hybridized carbons (Fsp3) is 0.409. The summed E-state index contributed by atoms with van der Waals surface area (Å²) >= 11 is 5.97. The van der Waals surface area contributed by atoms with Gasteiger partial charge in [-0.05, 0) is 56.0 Å². The number of hydrogen-bond donors (Lipinski definition) is 1.